The molecule has 2 aromatic carbocycles. The first-order valence-electron chi connectivity index (χ1n) is 6.01. The van der Waals surface area contributed by atoms with Crippen LogP contribution in [0, 0.1) is 15.9 Å². The van der Waals surface area contributed by atoms with E-state index in [4.69, 9.17) is 16.3 Å². The lowest BCUT2D eigenvalue weighted by Gasteiger charge is -2.09. The molecule has 21 heavy (non-hydrogen) atoms. The summed E-state index contributed by atoms with van der Waals surface area (Å²) in [5.41, 5.74) is 0.646. The molecule has 2 aromatic rings. The monoisotopic (exact) mass is 310 g/mol. The molecule has 0 radical (unpaired) electrons. The molecule has 110 valence electrons. The Bertz CT molecular complexity index is 679. The van der Waals surface area contributed by atoms with E-state index in [0.29, 0.717) is 12.3 Å². The molecule has 0 aromatic heterocycles. The molecule has 0 unspecified atom stereocenters. The second-order valence-corrected chi connectivity index (χ2v) is 4.65. The first kappa shape index (κ1) is 15.1. The summed E-state index contributed by atoms with van der Waals surface area (Å²) in [5, 5.41) is 13.5. The number of nitrogens with zero attached hydrogens (tertiary/aromatic N) is 1. The summed E-state index contributed by atoms with van der Waals surface area (Å²) in [5.74, 6) is -0.0403. The van der Waals surface area contributed by atoms with Gasteiger partial charge in [0.2, 0.25) is 0 Å². The number of hydrogen-bond donors (Lipinski definition) is 1. The second kappa shape index (κ2) is 6.41. The van der Waals surface area contributed by atoms with Crippen LogP contribution in [0.15, 0.2) is 36.4 Å². The molecule has 0 saturated heterocycles. The minimum atomic E-state index is -0.713. The third kappa shape index (κ3) is 3.61. The van der Waals surface area contributed by atoms with Crippen molar-refractivity contribution in [1.82, 2.24) is 0 Å². The molecule has 1 N–H and O–H groups in total. The van der Waals surface area contributed by atoms with Gasteiger partial charge in [-0.1, -0.05) is 23.7 Å². The van der Waals surface area contributed by atoms with Crippen LogP contribution in [0.2, 0.25) is 5.02 Å². The largest absolute Gasteiger partial charge is 0.497 e. The van der Waals surface area contributed by atoms with E-state index in [1.807, 2.05) is 6.07 Å². The number of nitrogens with one attached hydrogen (secondary N) is 1. The van der Waals surface area contributed by atoms with E-state index >= 15 is 0 Å². The smallest absolute Gasteiger partial charge is 0.294 e. The van der Waals surface area contributed by atoms with Crippen molar-refractivity contribution in [2.75, 3.05) is 12.4 Å². The zero-order valence-electron chi connectivity index (χ0n) is 11.1. The molecule has 2 rings (SSSR count). The SMILES string of the molecule is COc1cccc(CNc2cc(F)c(Cl)cc2[N+](=O)[O-])c1. The third-order valence-corrected chi connectivity index (χ3v) is 3.14. The average molecular weight is 311 g/mol. The van der Waals surface area contributed by atoms with E-state index in [0.717, 1.165) is 17.7 Å². The van der Waals surface area contributed by atoms with Crippen molar-refractivity contribution >= 4 is 23.0 Å². The van der Waals surface area contributed by atoms with Crippen LogP contribution in [0.1, 0.15) is 5.56 Å². The fourth-order valence-electron chi connectivity index (χ4n) is 1.81. The van der Waals surface area contributed by atoms with Gasteiger partial charge in [0.15, 0.2) is 0 Å². The lowest BCUT2D eigenvalue weighted by molar-refractivity contribution is -0.384. The van der Waals surface area contributed by atoms with Gasteiger partial charge >= 0.3 is 0 Å². The van der Waals surface area contributed by atoms with E-state index in [1.54, 1.807) is 25.3 Å². The number of rotatable bonds is 5. The molecular formula is C14H12ClFN2O3. The Morgan fingerprint density at radius 2 is 2.14 bits per heavy atom. The summed E-state index contributed by atoms with van der Waals surface area (Å²) in [6.07, 6.45) is 0. The topological polar surface area (TPSA) is 64.4 Å². The zero-order chi connectivity index (χ0) is 15.4. The van der Waals surface area contributed by atoms with Crippen LogP contribution in [-0.4, -0.2) is 12.0 Å². The molecule has 0 aliphatic rings. The van der Waals surface area contributed by atoms with Crippen molar-refractivity contribution < 1.29 is 14.1 Å². The van der Waals surface area contributed by atoms with Crippen molar-refractivity contribution in [3.05, 3.63) is 62.9 Å². The summed E-state index contributed by atoms with van der Waals surface area (Å²) >= 11 is 5.56. The Labute approximate surface area is 125 Å². The van der Waals surface area contributed by atoms with Crippen molar-refractivity contribution in [3.63, 3.8) is 0 Å². The Balaban J connectivity index is 2.22. The van der Waals surface area contributed by atoms with Crippen molar-refractivity contribution in [2.24, 2.45) is 0 Å². The van der Waals surface area contributed by atoms with Crippen molar-refractivity contribution in [2.45, 2.75) is 6.54 Å². The van der Waals surface area contributed by atoms with E-state index in [1.165, 1.54) is 0 Å². The van der Waals surface area contributed by atoms with Gasteiger partial charge in [-0.2, -0.15) is 0 Å². The Hall–Kier alpha value is -2.34. The predicted octanol–water partition coefficient (Wildman–Crippen LogP) is 4.01. The van der Waals surface area contributed by atoms with Crippen LogP contribution in [0.3, 0.4) is 0 Å². The molecule has 0 atom stereocenters. The quantitative estimate of drug-likeness (QED) is 0.669. The predicted molar refractivity (Wildman–Crippen MR) is 78.4 cm³/mol. The zero-order valence-corrected chi connectivity index (χ0v) is 11.9. The van der Waals surface area contributed by atoms with Crippen molar-refractivity contribution in [1.29, 1.82) is 0 Å². The van der Waals surface area contributed by atoms with Gasteiger partial charge in [-0.05, 0) is 17.7 Å². The van der Waals surface area contributed by atoms with E-state index in [9.17, 15) is 14.5 Å². The van der Waals surface area contributed by atoms with Gasteiger partial charge in [0.25, 0.3) is 5.69 Å². The Morgan fingerprint density at radius 1 is 1.38 bits per heavy atom. The highest BCUT2D eigenvalue weighted by molar-refractivity contribution is 6.31. The van der Waals surface area contributed by atoms with Crippen molar-refractivity contribution in [3.8, 4) is 5.75 Å². The molecule has 5 nitrogen and oxygen atoms in total. The van der Waals surface area contributed by atoms with E-state index in [2.05, 4.69) is 5.32 Å². The van der Waals surface area contributed by atoms with Crippen LogP contribution in [-0.2, 0) is 6.54 Å². The molecule has 0 aliphatic carbocycles. The maximum absolute atomic E-state index is 13.5. The van der Waals surface area contributed by atoms with Gasteiger partial charge in [0.1, 0.15) is 17.3 Å². The normalized spacial score (nSPS) is 10.2. The van der Waals surface area contributed by atoms with Gasteiger partial charge in [-0.15, -0.1) is 0 Å². The number of ether oxygens (including phenoxy) is 1. The Morgan fingerprint density at radius 3 is 2.81 bits per heavy atom. The average Bonchev–Trinajstić information content (AvgIpc) is 2.48. The maximum Gasteiger partial charge on any atom is 0.294 e. The van der Waals surface area contributed by atoms with Crippen LogP contribution < -0.4 is 10.1 Å². The highest BCUT2D eigenvalue weighted by Gasteiger charge is 2.17. The number of methoxy groups -OCH3 is 1. The highest BCUT2D eigenvalue weighted by atomic mass is 35.5. The molecule has 0 spiro atoms. The summed E-state index contributed by atoms with van der Waals surface area (Å²) in [6, 6.07) is 9.20. The van der Waals surface area contributed by atoms with Gasteiger partial charge in [-0.3, -0.25) is 10.1 Å². The molecule has 0 amide bonds. The second-order valence-electron chi connectivity index (χ2n) is 4.25. The van der Waals surface area contributed by atoms with Gasteiger partial charge in [0.05, 0.1) is 17.1 Å². The number of benzene rings is 2. The lowest BCUT2D eigenvalue weighted by Crippen LogP contribution is -2.03. The van der Waals surface area contributed by atoms with Gasteiger partial charge in [-0.25, -0.2) is 4.39 Å². The fraction of sp³-hybridized carbons (Fsp3) is 0.143. The van der Waals surface area contributed by atoms with E-state index < -0.39 is 10.7 Å². The molecule has 0 bridgehead atoms. The number of nitro groups is 1. The van der Waals surface area contributed by atoms with Crippen LogP contribution >= 0.6 is 11.6 Å². The molecule has 0 fully saturated rings. The molecule has 0 heterocycles. The summed E-state index contributed by atoms with van der Waals surface area (Å²) in [7, 11) is 1.55. The van der Waals surface area contributed by atoms with Gasteiger partial charge in [0, 0.05) is 18.7 Å². The maximum atomic E-state index is 13.5. The summed E-state index contributed by atoms with van der Waals surface area (Å²) in [4.78, 5) is 10.3. The molecule has 0 saturated carbocycles. The summed E-state index contributed by atoms with van der Waals surface area (Å²) < 4.78 is 18.5. The minimum absolute atomic E-state index is 0.0738. The number of halogens is 2. The molecule has 0 aliphatic heterocycles. The number of nitro benzene ring substituents is 1. The standard InChI is InChI=1S/C14H12ClFN2O3/c1-21-10-4-2-3-9(5-10)8-17-13-7-12(16)11(15)6-14(13)18(19)20/h2-7,17H,8H2,1H3. The first-order valence-corrected chi connectivity index (χ1v) is 6.39. The molecule has 7 heteroatoms. The minimum Gasteiger partial charge on any atom is -0.497 e. The van der Waals surface area contributed by atoms with Crippen LogP contribution in [0.4, 0.5) is 15.8 Å². The van der Waals surface area contributed by atoms with Crippen LogP contribution in [0.5, 0.6) is 5.75 Å². The number of anilines is 1. The van der Waals surface area contributed by atoms with Gasteiger partial charge < -0.3 is 10.1 Å². The van der Waals surface area contributed by atoms with Crippen LogP contribution in [0.25, 0.3) is 0 Å². The first-order chi connectivity index (χ1) is 10.0. The number of hydrogen-bond acceptors (Lipinski definition) is 4. The third-order valence-electron chi connectivity index (χ3n) is 2.85. The lowest BCUT2D eigenvalue weighted by atomic mass is 10.2. The highest BCUT2D eigenvalue weighted by Crippen LogP contribution is 2.30. The van der Waals surface area contributed by atoms with E-state index in [-0.39, 0.29) is 16.4 Å². The summed E-state index contributed by atoms with van der Waals surface area (Å²) in [6.45, 7) is 0.291. The Kier molecular flexibility index (Phi) is 4.59. The fourth-order valence-corrected chi connectivity index (χ4v) is 1.97. The molecular weight excluding hydrogens is 299 g/mol.